The lowest BCUT2D eigenvalue weighted by atomic mass is 9.74. The summed E-state index contributed by atoms with van der Waals surface area (Å²) in [6, 6.07) is 17.0. The molecule has 4 heteroatoms. The predicted octanol–water partition coefficient (Wildman–Crippen LogP) is 3.97. The van der Waals surface area contributed by atoms with E-state index in [1.807, 2.05) is 4.90 Å². The molecule has 0 spiro atoms. The summed E-state index contributed by atoms with van der Waals surface area (Å²) in [7, 11) is 1.70. The van der Waals surface area contributed by atoms with Crippen LogP contribution in [-0.2, 0) is 16.0 Å². The van der Waals surface area contributed by atoms with Crippen LogP contribution in [0.15, 0.2) is 48.5 Å². The molecule has 29 heavy (non-hydrogen) atoms. The molecule has 2 aromatic carbocycles. The van der Waals surface area contributed by atoms with Crippen molar-refractivity contribution in [3.63, 3.8) is 0 Å². The zero-order chi connectivity index (χ0) is 20.4. The number of hydrogen-bond acceptors (Lipinski definition) is 2. The average molecular weight is 391 g/mol. The standard InChI is InChI=1S/C25H30N2O2/c1-18-4-8-20(9-5-18)21-10-6-19(7-11-21)16-25(24(29)26-2)14-3-15-27(17-25)23(28)22-12-13-22/h4-11,22H,3,12-17H2,1-2H3,(H,26,29). The Morgan fingerprint density at radius 3 is 2.24 bits per heavy atom. The van der Waals surface area contributed by atoms with Gasteiger partial charge < -0.3 is 10.2 Å². The molecular weight excluding hydrogens is 360 g/mol. The fraction of sp³-hybridized carbons (Fsp3) is 0.440. The maximum atomic E-state index is 12.9. The third-order valence-electron chi connectivity index (χ3n) is 6.41. The molecule has 1 saturated carbocycles. The van der Waals surface area contributed by atoms with Crippen LogP contribution in [0.2, 0.25) is 0 Å². The molecule has 2 amide bonds. The molecule has 1 unspecified atom stereocenters. The van der Waals surface area contributed by atoms with E-state index in [1.54, 1.807) is 7.05 Å². The quantitative estimate of drug-likeness (QED) is 0.840. The van der Waals surface area contributed by atoms with Crippen LogP contribution in [0.1, 0.15) is 36.8 Å². The van der Waals surface area contributed by atoms with Crippen LogP contribution < -0.4 is 5.32 Å². The van der Waals surface area contributed by atoms with Crippen LogP contribution in [0, 0.1) is 18.3 Å². The van der Waals surface area contributed by atoms with Gasteiger partial charge in [-0.15, -0.1) is 0 Å². The zero-order valence-electron chi connectivity index (χ0n) is 17.4. The van der Waals surface area contributed by atoms with E-state index in [0.717, 1.165) is 37.8 Å². The number of amides is 2. The summed E-state index contributed by atoms with van der Waals surface area (Å²) in [5.41, 5.74) is 4.23. The second-order valence-corrected chi connectivity index (χ2v) is 8.74. The van der Waals surface area contributed by atoms with Gasteiger partial charge in [0, 0.05) is 26.1 Å². The van der Waals surface area contributed by atoms with Gasteiger partial charge in [-0.2, -0.15) is 0 Å². The van der Waals surface area contributed by atoms with Gasteiger partial charge >= 0.3 is 0 Å². The van der Waals surface area contributed by atoms with Crippen LogP contribution >= 0.6 is 0 Å². The number of aryl methyl sites for hydroxylation is 1. The number of nitrogens with zero attached hydrogens (tertiary/aromatic N) is 1. The van der Waals surface area contributed by atoms with Crippen molar-refractivity contribution in [2.45, 2.75) is 39.0 Å². The van der Waals surface area contributed by atoms with E-state index < -0.39 is 5.41 Å². The normalized spacial score (nSPS) is 21.7. The second-order valence-electron chi connectivity index (χ2n) is 8.74. The number of nitrogens with one attached hydrogen (secondary N) is 1. The molecule has 1 aliphatic carbocycles. The van der Waals surface area contributed by atoms with Gasteiger partial charge in [0.25, 0.3) is 0 Å². The first-order chi connectivity index (χ1) is 14.0. The van der Waals surface area contributed by atoms with Crippen LogP contribution in [0.4, 0.5) is 0 Å². The maximum Gasteiger partial charge on any atom is 0.228 e. The molecule has 4 rings (SSSR count). The Morgan fingerprint density at radius 2 is 1.66 bits per heavy atom. The number of rotatable bonds is 5. The van der Waals surface area contributed by atoms with E-state index in [1.165, 1.54) is 16.7 Å². The molecule has 1 saturated heterocycles. The third-order valence-corrected chi connectivity index (χ3v) is 6.41. The summed E-state index contributed by atoms with van der Waals surface area (Å²) in [4.78, 5) is 27.5. The molecule has 2 aromatic rings. The van der Waals surface area contributed by atoms with Crippen LogP contribution in [0.5, 0.6) is 0 Å². The largest absolute Gasteiger partial charge is 0.359 e. The average Bonchev–Trinajstić information content (AvgIpc) is 3.59. The zero-order valence-corrected chi connectivity index (χ0v) is 17.4. The van der Waals surface area contributed by atoms with Crippen molar-refractivity contribution in [1.82, 2.24) is 10.2 Å². The first-order valence-corrected chi connectivity index (χ1v) is 10.7. The van der Waals surface area contributed by atoms with Gasteiger partial charge in [-0.1, -0.05) is 54.1 Å². The molecule has 0 radical (unpaired) electrons. The number of carbonyl (C=O) groups excluding carboxylic acids is 2. The monoisotopic (exact) mass is 390 g/mol. The summed E-state index contributed by atoms with van der Waals surface area (Å²) in [6.07, 6.45) is 4.37. The van der Waals surface area contributed by atoms with Crippen molar-refractivity contribution >= 4 is 11.8 Å². The highest BCUT2D eigenvalue weighted by atomic mass is 16.2. The van der Waals surface area contributed by atoms with Crippen LogP contribution in [0.25, 0.3) is 11.1 Å². The summed E-state index contributed by atoms with van der Waals surface area (Å²) in [5, 5.41) is 2.87. The number of carbonyl (C=O) groups is 2. The Hall–Kier alpha value is -2.62. The van der Waals surface area contributed by atoms with E-state index in [0.29, 0.717) is 13.0 Å². The number of likely N-dealkylation sites (tertiary alicyclic amines) is 1. The van der Waals surface area contributed by atoms with Crippen LogP contribution in [-0.4, -0.2) is 36.9 Å². The number of benzene rings is 2. The lowest BCUT2D eigenvalue weighted by Crippen LogP contribution is -2.54. The van der Waals surface area contributed by atoms with Gasteiger partial charge in [0.15, 0.2) is 0 Å². The van der Waals surface area contributed by atoms with Gasteiger partial charge in [0.1, 0.15) is 0 Å². The SMILES string of the molecule is CNC(=O)C1(Cc2ccc(-c3ccc(C)cc3)cc2)CCCN(C(=O)C2CC2)C1. The Kier molecular flexibility index (Phi) is 5.44. The van der Waals surface area contributed by atoms with Crippen molar-refractivity contribution in [3.8, 4) is 11.1 Å². The van der Waals surface area contributed by atoms with E-state index >= 15 is 0 Å². The fourth-order valence-corrected chi connectivity index (χ4v) is 4.54. The minimum absolute atomic E-state index is 0.0495. The lowest BCUT2D eigenvalue weighted by molar-refractivity contribution is -0.142. The molecule has 4 nitrogen and oxygen atoms in total. The first kappa shape index (κ1) is 19.7. The molecule has 2 aliphatic rings. The summed E-state index contributed by atoms with van der Waals surface area (Å²) >= 11 is 0. The predicted molar refractivity (Wildman–Crippen MR) is 115 cm³/mol. The highest BCUT2D eigenvalue weighted by Gasteiger charge is 2.45. The highest BCUT2D eigenvalue weighted by Crippen LogP contribution is 2.38. The summed E-state index contributed by atoms with van der Waals surface area (Å²) in [5.74, 6) is 0.491. The molecule has 1 atom stereocenters. The Morgan fingerprint density at radius 1 is 1.03 bits per heavy atom. The molecule has 0 aromatic heterocycles. The van der Waals surface area contributed by atoms with Crippen molar-refractivity contribution in [1.29, 1.82) is 0 Å². The van der Waals surface area contributed by atoms with Gasteiger partial charge in [0.05, 0.1) is 5.41 Å². The van der Waals surface area contributed by atoms with E-state index in [-0.39, 0.29) is 17.7 Å². The van der Waals surface area contributed by atoms with Gasteiger partial charge in [0.2, 0.25) is 11.8 Å². The van der Waals surface area contributed by atoms with E-state index in [4.69, 9.17) is 0 Å². The minimum atomic E-state index is -0.539. The molecule has 1 N–H and O–H groups in total. The van der Waals surface area contributed by atoms with Gasteiger partial charge in [-0.25, -0.2) is 0 Å². The van der Waals surface area contributed by atoms with Crippen molar-refractivity contribution in [3.05, 3.63) is 59.7 Å². The summed E-state index contributed by atoms with van der Waals surface area (Å²) in [6.45, 7) is 3.40. The molecular formula is C25H30N2O2. The third kappa shape index (κ3) is 4.21. The minimum Gasteiger partial charge on any atom is -0.359 e. The van der Waals surface area contributed by atoms with Gasteiger partial charge in [-0.05, 0) is 55.7 Å². The Balaban J connectivity index is 1.54. The van der Waals surface area contributed by atoms with Crippen molar-refractivity contribution in [2.75, 3.05) is 20.1 Å². The van der Waals surface area contributed by atoms with Crippen molar-refractivity contribution in [2.24, 2.45) is 11.3 Å². The molecule has 152 valence electrons. The molecule has 2 fully saturated rings. The number of piperidine rings is 1. The van der Waals surface area contributed by atoms with Crippen molar-refractivity contribution < 1.29 is 9.59 Å². The fourth-order valence-electron chi connectivity index (χ4n) is 4.54. The van der Waals surface area contributed by atoms with Gasteiger partial charge in [-0.3, -0.25) is 9.59 Å². The van der Waals surface area contributed by atoms with E-state index in [2.05, 4.69) is 60.8 Å². The maximum absolute atomic E-state index is 12.9. The smallest absolute Gasteiger partial charge is 0.228 e. The Labute approximate surface area is 173 Å². The number of hydrogen-bond donors (Lipinski definition) is 1. The topological polar surface area (TPSA) is 49.4 Å². The highest BCUT2D eigenvalue weighted by molar-refractivity contribution is 5.86. The molecule has 0 bridgehead atoms. The first-order valence-electron chi connectivity index (χ1n) is 10.7. The Bertz CT molecular complexity index is 884. The second kappa shape index (κ2) is 8.02. The van der Waals surface area contributed by atoms with E-state index in [9.17, 15) is 9.59 Å². The molecule has 1 heterocycles. The summed E-state index contributed by atoms with van der Waals surface area (Å²) < 4.78 is 0. The van der Waals surface area contributed by atoms with Crippen LogP contribution in [0.3, 0.4) is 0 Å². The molecule has 1 aliphatic heterocycles. The lowest BCUT2D eigenvalue weighted by Gasteiger charge is -2.41.